The van der Waals surface area contributed by atoms with Crippen LogP contribution >= 0.6 is 0 Å². The molecule has 2 aromatic rings. The van der Waals surface area contributed by atoms with E-state index in [1.54, 1.807) is 19.1 Å². The molecular weight excluding hydrogens is 194 g/mol. The van der Waals surface area contributed by atoms with Crippen LogP contribution in [0.2, 0.25) is 0 Å². The first kappa shape index (κ1) is 9.45. The molecule has 0 aliphatic carbocycles. The average molecular weight is 203 g/mol. The molecular formula is C11H9NO3. The van der Waals surface area contributed by atoms with E-state index in [0.717, 1.165) is 5.39 Å². The highest BCUT2D eigenvalue weighted by Gasteiger charge is 2.06. The summed E-state index contributed by atoms with van der Waals surface area (Å²) in [5.41, 5.74) is 1.26. The van der Waals surface area contributed by atoms with Gasteiger partial charge in [0.1, 0.15) is 5.75 Å². The van der Waals surface area contributed by atoms with Gasteiger partial charge in [0.15, 0.2) is 0 Å². The zero-order valence-corrected chi connectivity index (χ0v) is 8.06. The number of hydrogen-bond donors (Lipinski definition) is 2. The molecule has 1 aromatic carbocycles. The number of aromatic hydroxyl groups is 1. The van der Waals surface area contributed by atoms with E-state index in [0.29, 0.717) is 11.2 Å². The number of carboxylic acid groups (broad SMARTS) is 1. The maximum atomic E-state index is 10.7. The summed E-state index contributed by atoms with van der Waals surface area (Å²) >= 11 is 0. The van der Waals surface area contributed by atoms with E-state index >= 15 is 0 Å². The summed E-state index contributed by atoms with van der Waals surface area (Å²) in [5.74, 6) is -0.866. The number of aromatic carboxylic acids is 1. The highest BCUT2D eigenvalue weighted by atomic mass is 16.4. The lowest BCUT2D eigenvalue weighted by Gasteiger charge is -2.02. The minimum Gasteiger partial charge on any atom is -0.506 e. The van der Waals surface area contributed by atoms with Gasteiger partial charge in [-0.05, 0) is 25.1 Å². The van der Waals surface area contributed by atoms with E-state index in [-0.39, 0.29) is 11.3 Å². The molecule has 1 aromatic heterocycles. The Morgan fingerprint density at radius 2 is 2.07 bits per heavy atom. The van der Waals surface area contributed by atoms with E-state index in [9.17, 15) is 9.90 Å². The van der Waals surface area contributed by atoms with Crippen LogP contribution in [0.15, 0.2) is 24.3 Å². The quantitative estimate of drug-likeness (QED) is 0.743. The molecule has 76 valence electrons. The number of rotatable bonds is 1. The van der Waals surface area contributed by atoms with Gasteiger partial charge in [0, 0.05) is 5.39 Å². The van der Waals surface area contributed by atoms with Crippen LogP contribution in [0.4, 0.5) is 0 Å². The molecule has 0 aliphatic rings. The van der Waals surface area contributed by atoms with Crippen molar-refractivity contribution < 1.29 is 15.0 Å². The number of pyridine rings is 1. The van der Waals surface area contributed by atoms with Gasteiger partial charge in [-0.3, -0.25) is 0 Å². The maximum Gasteiger partial charge on any atom is 0.335 e. The molecule has 2 N–H and O–H groups in total. The molecule has 0 fully saturated rings. The molecule has 15 heavy (non-hydrogen) atoms. The fourth-order valence-corrected chi connectivity index (χ4v) is 1.39. The molecule has 0 amide bonds. The molecule has 4 nitrogen and oxygen atoms in total. The molecule has 0 spiro atoms. The van der Waals surface area contributed by atoms with Crippen LogP contribution in [-0.4, -0.2) is 21.2 Å². The third-order valence-electron chi connectivity index (χ3n) is 2.23. The second-order valence-electron chi connectivity index (χ2n) is 3.31. The lowest BCUT2D eigenvalue weighted by atomic mass is 10.1. The molecule has 0 radical (unpaired) electrons. The van der Waals surface area contributed by atoms with E-state index in [1.807, 2.05) is 0 Å². The molecule has 0 bridgehead atoms. The number of aromatic nitrogens is 1. The Labute approximate surface area is 85.8 Å². The SMILES string of the molecule is Cc1nc2cc(C(=O)O)ccc2cc1O. The van der Waals surface area contributed by atoms with Gasteiger partial charge in [-0.25, -0.2) is 9.78 Å². The Balaban J connectivity index is 2.72. The van der Waals surface area contributed by atoms with Crippen LogP contribution in [0.3, 0.4) is 0 Å². The van der Waals surface area contributed by atoms with Gasteiger partial charge in [-0.15, -0.1) is 0 Å². The summed E-state index contributed by atoms with van der Waals surface area (Å²) in [6.07, 6.45) is 0. The fraction of sp³-hybridized carbons (Fsp3) is 0.0909. The highest BCUT2D eigenvalue weighted by Crippen LogP contribution is 2.21. The summed E-state index contributed by atoms with van der Waals surface area (Å²) in [5, 5.41) is 18.9. The summed E-state index contributed by atoms with van der Waals surface area (Å²) in [7, 11) is 0. The van der Waals surface area contributed by atoms with Crippen molar-refractivity contribution in [3.05, 3.63) is 35.5 Å². The van der Waals surface area contributed by atoms with E-state index in [4.69, 9.17) is 5.11 Å². The lowest BCUT2D eigenvalue weighted by Crippen LogP contribution is -1.96. The van der Waals surface area contributed by atoms with Crippen LogP contribution in [0, 0.1) is 6.92 Å². The van der Waals surface area contributed by atoms with Gasteiger partial charge in [-0.2, -0.15) is 0 Å². The van der Waals surface area contributed by atoms with Crippen molar-refractivity contribution >= 4 is 16.9 Å². The summed E-state index contributed by atoms with van der Waals surface area (Å²) in [4.78, 5) is 14.8. The third kappa shape index (κ3) is 1.61. The van der Waals surface area contributed by atoms with Crippen molar-refractivity contribution in [2.75, 3.05) is 0 Å². The van der Waals surface area contributed by atoms with Crippen LogP contribution in [0.5, 0.6) is 5.75 Å². The molecule has 0 saturated carbocycles. The second kappa shape index (κ2) is 3.24. The van der Waals surface area contributed by atoms with Crippen LogP contribution in [0.1, 0.15) is 16.1 Å². The van der Waals surface area contributed by atoms with Gasteiger partial charge < -0.3 is 10.2 Å². The largest absolute Gasteiger partial charge is 0.506 e. The minimum atomic E-state index is -0.982. The molecule has 0 saturated heterocycles. The summed E-state index contributed by atoms with van der Waals surface area (Å²) < 4.78 is 0. The smallest absolute Gasteiger partial charge is 0.335 e. The van der Waals surface area contributed by atoms with Crippen molar-refractivity contribution in [2.45, 2.75) is 6.92 Å². The zero-order chi connectivity index (χ0) is 11.0. The van der Waals surface area contributed by atoms with Gasteiger partial charge in [0.05, 0.1) is 16.8 Å². The van der Waals surface area contributed by atoms with Gasteiger partial charge in [0.2, 0.25) is 0 Å². The lowest BCUT2D eigenvalue weighted by molar-refractivity contribution is 0.0697. The number of hydrogen-bond acceptors (Lipinski definition) is 3. The monoisotopic (exact) mass is 203 g/mol. The highest BCUT2D eigenvalue weighted by molar-refractivity contribution is 5.93. The molecule has 0 aliphatic heterocycles. The summed E-state index contributed by atoms with van der Waals surface area (Å²) in [6.45, 7) is 1.67. The fourth-order valence-electron chi connectivity index (χ4n) is 1.39. The van der Waals surface area contributed by atoms with E-state index in [1.165, 1.54) is 12.1 Å². The van der Waals surface area contributed by atoms with E-state index in [2.05, 4.69) is 4.98 Å². The zero-order valence-electron chi connectivity index (χ0n) is 8.06. The van der Waals surface area contributed by atoms with Crippen molar-refractivity contribution in [1.82, 2.24) is 4.98 Å². The number of aryl methyl sites for hydroxylation is 1. The van der Waals surface area contributed by atoms with Crippen LogP contribution in [-0.2, 0) is 0 Å². The second-order valence-corrected chi connectivity index (χ2v) is 3.31. The molecule has 1 heterocycles. The molecule has 4 heteroatoms. The van der Waals surface area contributed by atoms with Crippen molar-refractivity contribution in [3.8, 4) is 5.75 Å². The first-order valence-electron chi connectivity index (χ1n) is 4.41. The number of benzene rings is 1. The standard InChI is InChI=1S/C11H9NO3/c1-6-10(13)5-7-2-3-8(11(14)15)4-9(7)12-6/h2-5,13H,1H3,(H,14,15). The number of nitrogens with zero attached hydrogens (tertiary/aromatic N) is 1. The Morgan fingerprint density at radius 3 is 2.73 bits per heavy atom. The van der Waals surface area contributed by atoms with E-state index < -0.39 is 5.97 Å². The maximum absolute atomic E-state index is 10.7. The Morgan fingerprint density at radius 1 is 1.33 bits per heavy atom. The molecule has 0 unspecified atom stereocenters. The van der Waals surface area contributed by atoms with Crippen molar-refractivity contribution in [2.24, 2.45) is 0 Å². The first-order valence-corrected chi connectivity index (χ1v) is 4.41. The number of fused-ring (bicyclic) bond motifs is 1. The Bertz CT molecular complexity index is 549. The first-order chi connectivity index (χ1) is 7.08. The topological polar surface area (TPSA) is 70.4 Å². The number of carboxylic acids is 1. The van der Waals surface area contributed by atoms with Crippen molar-refractivity contribution in [1.29, 1.82) is 0 Å². The summed E-state index contributed by atoms with van der Waals surface area (Å²) in [6, 6.07) is 6.18. The van der Waals surface area contributed by atoms with Gasteiger partial charge in [0.25, 0.3) is 0 Å². The van der Waals surface area contributed by atoms with Crippen LogP contribution < -0.4 is 0 Å². The minimum absolute atomic E-state index is 0.116. The third-order valence-corrected chi connectivity index (χ3v) is 2.23. The van der Waals surface area contributed by atoms with Gasteiger partial charge in [-0.1, -0.05) is 6.07 Å². The predicted molar refractivity (Wildman–Crippen MR) is 55.1 cm³/mol. The predicted octanol–water partition coefficient (Wildman–Crippen LogP) is 1.95. The van der Waals surface area contributed by atoms with Gasteiger partial charge >= 0.3 is 5.97 Å². The Kier molecular flexibility index (Phi) is 2.04. The average Bonchev–Trinajstić information content (AvgIpc) is 2.19. The number of carbonyl (C=O) groups is 1. The van der Waals surface area contributed by atoms with Crippen LogP contribution in [0.25, 0.3) is 10.9 Å². The van der Waals surface area contributed by atoms with Crippen molar-refractivity contribution in [3.63, 3.8) is 0 Å². The Hall–Kier alpha value is -2.10. The molecule has 0 atom stereocenters. The normalized spacial score (nSPS) is 10.5. The molecule has 2 rings (SSSR count).